The van der Waals surface area contributed by atoms with E-state index >= 15 is 0 Å². The van der Waals surface area contributed by atoms with Crippen molar-refractivity contribution in [3.63, 3.8) is 0 Å². The number of hydrazone groups is 1. The molecule has 0 aliphatic carbocycles. The summed E-state index contributed by atoms with van der Waals surface area (Å²) in [4.78, 5) is 27.5. The van der Waals surface area contributed by atoms with Gasteiger partial charge in [0.05, 0.1) is 18.4 Å². The highest BCUT2D eigenvalue weighted by Crippen LogP contribution is 2.33. The molecule has 182 valence electrons. The van der Waals surface area contributed by atoms with Gasteiger partial charge in [0.1, 0.15) is 12.4 Å². The van der Waals surface area contributed by atoms with Crippen molar-refractivity contribution in [3.05, 3.63) is 70.5 Å². The van der Waals surface area contributed by atoms with Crippen LogP contribution in [-0.4, -0.2) is 60.4 Å². The Kier molecular flexibility index (Phi) is 8.39. The number of rotatable bonds is 8. The molecule has 1 unspecified atom stereocenters. The van der Waals surface area contributed by atoms with E-state index in [0.29, 0.717) is 13.0 Å². The van der Waals surface area contributed by atoms with E-state index in [1.54, 1.807) is 19.2 Å². The van der Waals surface area contributed by atoms with Crippen LogP contribution in [0, 0.1) is 19.7 Å². The number of halogens is 1. The molecule has 2 aromatic rings. The Labute approximate surface area is 200 Å². The first kappa shape index (κ1) is 25.4. The predicted octanol–water partition coefficient (Wildman–Crippen LogP) is 4.19. The lowest BCUT2D eigenvalue weighted by Crippen LogP contribution is -2.48. The Morgan fingerprint density at radius 3 is 2.50 bits per heavy atom. The minimum atomic E-state index is -0.387. The fourth-order valence-corrected chi connectivity index (χ4v) is 3.81. The van der Waals surface area contributed by atoms with Crippen LogP contribution in [0.5, 0.6) is 0 Å². The number of amides is 3. The molecule has 3 amide bonds. The normalized spacial score (nSPS) is 15.4. The number of hydrogen-bond donors (Lipinski definition) is 1. The Hall–Kier alpha value is -3.26. The van der Waals surface area contributed by atoms with Crippen LogP contribution in [0.2, 0.25) is 0 Å². The predicted molar refractivity (Wildman–Crippen MR) is 130 cm³/mol. The molecule has 0 spiro atoms. The summed E-state index contributed by atoms with van der Waals surface area (Å²) >= 11 is 0. The number of nitrogens with zero attached hydrogens (tertiary/aromatic N) is 3. The molecule has 0 radical (unpaired) electrons. The SMILES string of the molecule is COCCN(CC(=O)N1N=C(c2ccc(C)c(C)c2)CC1c1ccc(F)cc1)C(=O)NC(C)C. The van der Waals surface area contributed by atoms with Crippen molar-refractivity contribution >= 4 is 17.6 Å². The highest BCUT2D eigenvalue weighted by Gasteiger charge is 2.34. The van der Waals surface area contributed by atoms with Gasteiger partial charge < -0.3 is 15.0 Å². The van der Waals surface area contributed by atoms with Gasteiger partial charge in [0.15, 0.2) is 0 Å². The average Bonchev–Trinajstić information content (AvgIpc) is 3.24. The highest BCUT2D eigenvalue weighted by atomic mass is 19.1. The van der Waals surface area contributed by atoms with Crippen molar-refractivity contribution in [3.8, 4) is 0 Å². The van der Waals surface area contributed by atoms with Crippen LogP contribution in [0.3, 0.4) is 0 Å². The zero-order chi connectivity index (χ0) is 24.8. The highest BCUT2D eigenvalue weighted by molar-refractivity contribution is 6.03. The summed E-state index contributed by atoms with van der Waals surface area (Å²) in [6.45, 7) is 8.22. The number of carbonyl (C=O) groups is 2. The fourth-order valence-electron chi connectivity index (χ4n) is 3.81. The van der Waals surface area contributed by atoms with E-state index < -0.39 is 0 Å². The first-order chi connectivity index (χ1) is 16.2. The Morgan fingerprint density at radius 2 is 1.88 bits per heavy atom. The molecular formula is C26H33FN4O3. The molecule has 8 heteroatoms. The monoisotopic (exact) mass is 468 g/mol. The van der Waals surface area contributed by atoms with Crippen molar-refractivity contribution in [2.75, 3.05) is 26.8 Å². The van der Waals surface area contributed by atoms with Crippen LogP contribution in [0.25, 0.3) is 0 Å². The van der Waals surface area contributed by atoms with Gasteiger partial charge in [-0.25, -0.2) is 14.2 Å². The van der Waals surface area contributed by atoms with Gasteiger partial charge in [-0.1, -0.05) is 24.3 Å². The van der Waals surface area contributed by atoms with Crippen molar-refractivity contribution < 1.29 is 18.7 Å². The van der Waals surface area contributed by atoms with Crippen LogP contribution in [-0.2, 0) is 9.53 Å². The minimum Gasteiger partial charge on any atom is -0.383 e. The number of ether oxygens (including phenoxy) is 1. The quantitative estimate of drug-likeness (QED) is 0.631. The molecule has 0 bridgehead atoms. The van der Waals surface area contributed by atoms with Crippen LogP contribution in [0.15, 0.2) is 47.6 Å². The lowest BCUT2D eigenvalue weighted by molar-refractivity contribution is -0.133. The van der Waals surface area contributed by atoms with Gasteiger partial charge in [-0.05, 0) is 68.1 Å². The first-order valence-corrected chi connectivity index (χ1v) is 11.5. The number of aryl methyl sites for hydroxylation is 2. The van der Waals surface area contributed by atoms with Crippen molar-refractivity contribution in [2.45, 2.75) is 46.2 Å². The Morgan fingerprint density at radius 1 is 1.18 bits per heavy atom. The van der Waals surface area contributed by atoms with Crippen LogP contribution in [0.1, 0.15) is 48.6 Å². The molecule has 7 nitrogen and oxygen atoms in total. The van der Waals surface area contributed by atoms with Gasteiger partial charge >= 0.3 is 6.03 Å². The summed E-state index contributed by atoms with van der Waals surface area (Å²) < 4.78 is 18.7. The third kappa shape index (κ3) is 6.20. The molecule has 3 rings (SSSR count). The zero-order valence-electron chi connectivity index (χ0n) is 20.5. The van der Waals surface area contributed by atoms with Crippen molar-refractivity contribution in [2.24, 2.45) is 5.10 Å². The largest absolute Gasteiger partial charge is 0.383 e. The second-order valence-electron chi connectivity index (χ2n) is 8.87. The molecule has 0 fully saturated rings. The summed E-state index contributed by atoms with van der Waals surface area (Å²) in [5.74, 6) is -0.658. The van der Waals surface area contributed by atoms with E-state index in [-0.39, 0.29) is 42.9 Å². The smallest absolute Gasteiger partial charge is 0.318 e. The molecule has 1 heterocycles. The average molecular weight is 469 g/mol. The lowest BCUT2D eigenvalue weighted by atomic mass is 9.96. The standard InChI is InChI=1S/C26H33FN4O3/c1-17(2)28-26(33)30(12-13-34-5)16-25(32)31-24(20-8-10-22(27)11-9-20)15-23(29-31)21-7-6-18(3)19(4)14-21/h6-11,14,17,24H,12-13,15-16H2,1-5H3,(H,28,33). The maximum absolute atomic E-state index is 13.6. The molecule has 0 saturated carbocycles. The third-order valence-electron chi connectivity index (χ3n) is 5.85. The van der Waals surface area contributed by atoms with E-state index in [0.717, 1.165) is 22.4 Å². The molecule has 1 atom stereocenters. The number of benzene rings is 2. The van der Waals surface area contributed by atoms with Crippen LogP contribution < -0.4 is 5.32 Å². The summed E-state index contributed by atoms with van der Waals surface area (Å²) in [5.41, 5.74) is 4.82. The summed E-state index contributed by atoms with van der Waals surface area (Å²) in [6.07, 6.45) is 0.496. The van der Waals surface area contributed by atoms with Crippen LogP contribution >= 0.6 is 0 Å². The first-order valence-electron chi connectivity index (χ1n) is 11.5. The fraction of sp³-hybridized carbons (Fsp3) is 0.423. The van der Waals surface area contributed by atoms with Gasteiger partial charge in [0.2, 0.25) is 0 Å². The van der Waals surface area contributed by atoms with E-state index in [1.807, 2.05) is 39.8 Å². The molecule has 1 aliphatic heterocycles. The molecular weight excluding hydrogens is 435 g/mol. The van der Waals surface area contributed by atoms with Gasteiger partial charge in [-0.3, -0.25) is 4.79 Å². The van der Waals surface area contributed by atoms with Gasteiger partial charge in [-0.2, -0.15) is 5.10 Å². The van der Waals surface area contributed by atoms with E-state index in [9.17, 15) is 14.0 Å². The summed E-state index contributed by atoms with van der Waals surface area (Å²) in [6, 6.07) is 11.4. The maximum Gasteiger partial charge on any atom is 0.318 e. The Balaban J connectivity index is 1.90. The zero-order valence-corrected chi connectivity index (χ0v) is 20.5. The molecule has 0 saturated heterocycles. The number of hydrogen-bond acceptors (Lipinski definition) is 4. The van der Waals surface area contributed by atoms with Crippen LogP contribution in [0.4, 0.5) is 9.18 Å². The lowest BCUT2D eigenvalue weighted by Gasteiger charge is -2.27. The molecule has 1 N–H and O–H groups in total. The Bertz CT molecular complexity index is 1050. The second kappa shape index (κ2) is 11.2. The molecule has 2 aromatic carbocycles. The molecule has 1 aliphatic rings. The van der Waals surface area contributed by atoms with Gasteiger partial charge in [0.25, 0.3) is 5.91 Å². The number of urea groups is 1. The van der Waals surface area contributed by atoms with Gasteiger partial charge in [-0.15, -0.1) is 0 Å². The summed E-state index contributed by atoms with van der Waals surface area (Å²) in [5, 5.41) is 8.94. The van der Waals surface area contributed by atoms with Crippen molar-refractivity contribution in [1.29, 1.82) is 0 Å². The number of carbonyl (C=O) groups excluding carboxylic acids is 2. The van der Waals surface area contributed by atoms with E-state index in [2.05, 4.69) is 16.5 Å². The topological polar surface area (TPSA) is 74.2 Å². The minimum absolute atomic E-state index is 0.0687. The third-order valence-corrected chi connectivity index (χ3v) is 5.85. The van der Waals surface area contributed by atoms with Crippen molar-refractivity contribution in [1.82, 2.24) is 15.2 Å². The van der Waals surface area contributed by atoms with Gasteiger partial charge in [0, 0.05) is 26.1 Å². The number of methoxy groups -OCH3 is 1. The van der Waals surface area contributed by atoms with E-state index in [1.165, 1.54) is 27.6 Å². The summed E-state index contributed by atoms with van der Waals surface area (Å²) in [7, 11) is 1.55. The van der Waals surface area contributed by atoms with E-state index in [4.69, 9.17) is 4.74 Å². The number of nitrogens with one attached hydrogen (secondary N) is 1. The maximum atomic E-state index is 13.6. The molecule has 34 heavy (non-hydrogen) atoms. The second-order valence-corrected chi connectivity index (χ2v) is 8.87. The molecule has 0 aromatic heterocycles.